The van der Waals surface area contributed by atoms with Crippen molar-refractivity contribution in [3.8, 4) is 0 Å². The van der Waals surface area contributed by atoms with E-state index in [4.69, 9.17) is 10.5 Å². The molecule has 1 fully saturated rings. The van der Waals surface area contributed by atoms with E-state index in [2.05, 4.69) is 5.32 Å². The van der Waals surface area contributed by atoms with Gasteiger partial charge >= 0.3 is 0 Å². The van der Waals surface area contributed by atoms with Gasteiger partial charge < -0.3 is 15.8 Å². The standard InChI is InChI=1S/C23H29N3O5S2/c1-26(14-16-6-5-13-31-16)33(29,30)17-11-9-15(10-12-17)22(28)25-23-20(21(24)27)18-7-3-2-4-8-19(18)32-23/h9-12,16H,2-8,13-14H2,1H3,(H2,24,27)(H,25,28). The number of amides is 2. The van der Waals surface area contributed by atoms with E-state index in [1.165, 1.54) is 47.0 Å². The van der Waals surface area contributed by atoms with Gasteiger partial charge in [-0.2, -0.15) is 4.31 Å². The molecule has 1 aromatic heterocycles. The average molecular weight is 492 g/mol. The van der Waals surface area contributed by atoms with Crippen molar-refractivity contribution in [1.82, 2.24) is 4.31 Å². The molecule has 0 bridgehead atoms. The first kappa shape index (κ1) is 23.9. The highest BCUT2D eigenvalue weighted by atomic mass is 32.2. The van der Waals surface area contributed by atoms with Crippen LogP contribution in [0.4, 0.5) is 5.00 Å². The van der Waals surface area contributed by atoms with E-state index < -0.39 is 21.8 Å². The van der Waals surface area contributed by atoms with E-state index in [0.29, 0.717) is 29.3 Å². The highest BCUT2D eigenvalue weighted by Crippen LogP contribution is 2.37. The number of likely N-dealkylation sites (N-methyl/N-ethyl adjacent to an activating group) is 1. The maximum atomic E-state index is 12.9. The largest absolute Gasteiger partial charge is 0.377 e. The second-order valence-corrected chi connectivity index (χ2v) is 11.7. The molecule has 8 nitrogen and oxygen atoms in total. The van der Waals surface area contributed by atoms with E-state index in [0.717, 1.165) is 55.4 Å². The van der Waals surface area contributed by atoms with Crippen molar-refractivity contribution in [1.29, 1.82) is 0 Å². The van der Waals surface area contributed by atoms with Crippen LogP contribution in [0, 0.1) is 0 Å². The summed E-state index contributed by atoms with van der Waals surface area (Å²) >= 11 is 1.41. The molecule has 4 rings (SSSR count). The Labute approximate surface area is 198 Å². The molecule has 1 aliphatic heterocycles. The molecule has 0 saturated carbocycles. The third kappa shape index (κ3) is 5.13. The number of thiophene rings is 1. The molecule has 2 amide bonds. The van der Waals surface area contributed by atoms with Gasteiger partial charge in [0.15, 0.2) is 0 Å². The number of anilines is 1. The van der Waals surface area contributed by atoms with Gasteiger partial charge in [-0.3, -0.25) is 9.59 Å². The van der Waals surface area contributed by atoms with Gasteiger partial charge in [-0.15, -0.1) is 11.3 Å². The second-order valence-electron chi connectivity index (χ2n) is 8.53. The molecular formula is C23H29N3O5S2. The number of hydrogen-bond acceptors (Lipinski definition) is 6. The summed E-state index contributed by atoms with van der Waals surface area (Å²) in [4.78, 5) is 26.2. The van der Waals surface area contributed by atoms with Crippen molar-refractivity contribution < 1.29 is 22.7 Å². The minimum atomic E-state index is -3.69. The highest BCUT2D eigenvalue weighted by Gasteiger charge is 2.27. The van der Waals surface area contributed by atoms with E-state index in [-0.39, 0.29) is 11.0 Å². The Kier molecular flexibility index (Phi) is 7.18. The molecule has 0 spiro atoms. The lowest BCUT2D eigenvalue weighted by Gasteiger charge is -2.20. The molecule has 2 aliphatic rings. The predicted molar refractivity (Wildman–Crippen MR) is 127 cm³/mol. The molecular weight excluding hydrogens is 462 g/mol. The Morgan fingerprint density at radius 2 is 1.88 bits per heavy atom. The zero-order valence-corrected chi connectivity index (χ0v) is 20.3. The van der Waals surface area contributed by atoms with Crippen molar-refractivity contribution in [2.75, 3.05) is 25.5 Å². The van der Waals surface area contributed by atoms with Crippen molar-refractivity contribution >= 4 is 38.2 Å². The number of primary amides is 1. The van der Waals surface area contributed by atoms with Crippen LogP contribution in [0.25, 0.3) is 0 Å². The maximum absolute atomic E-state index is 12.9. The van der Waals surface area contributed by atoms with E-state index >= 15 is 0 Å². The minimum Gasteiger partial charge on any atom is -0.377 e. The van der Waals surface area contributed by atoms with Gasteiger partial charge in [0.1, 0.15) is 5.00 Å². The van der Waals surface area contributed by atoms with Crippen LogP contribution < -0.4 is 11.1 Å². The minimum absolute atomic E-state index is 0.0878. The number of hydrogen-bond donors (Lipinski definition) is 2. The van der Waals surface area contributed by atoms with Gasteiger partial charge in [0.2, 0.25) is 10.0 Å². The topological polar surface area (TPSA) is 119 Å². The number of ether oxygens (including phenoxy) is 1. The Bertz CT molecular complexity index is 1140. The van der Waals surface area contributed by atoms with Crippen molar-refractivity contribution in [3.05, 3.63) is 45.8 Å². The number of carbonyl (C=O) groups excluding carboxylic acids is 2. The number of nitrogens with zero attached hydrogens (tertiary/aromatic N) is 1. The third-order valence-electron chi connectivity index (χ3n) is 6.20. The molecule has 178 valence electrons. The van der Waals surface area contributed by atoms with E-state index in [1.807, 2.05) is 0 Å². The lowest BCUT2D eigenvalue weighted by molar-refractivity contribution is 0.0978. The van der Waals surface area contributed by atoms with Gasteiger partial charge in [-0.05, 0) is 68.4 Å². The molecule has 1 saturated heterocycles. The molecule has 2 heterocycles. The number of fused-ring (bicyclic) bond motifs is 1. The normalized spacial score (nSPS) is 18.7. The van der Waals surface area contributed by atoms with Crippen LogP contribution in [0.5, 0.6) is 0 Å². The van der Waals surface area contributed by atoms with Crippen LogP contribution in [-0.2, 0) is 27.6 Å². The van der Waals surface area contributed by atoms with Gasteiger partial charge in [0.05, 0.1) is 16.6 Å². The van der Waals surface area contributed by atoms with E-state index in [1.54, 1.807) is 0 Å². The van der Waals surface area contributed by atoms with Gasteiger partial charge in [0, 0.05) is 30.6 Å². The average Bonchev–Trinajstić information content (AvgIpc) is 3.35. The summed E-state index contributed by atoms with van der Waals surface area (Å²) in [6, 6.07) is 5.80. The Morgan fingerprint density at radius 3 is 2.55 bits per heavy atom. The first-order valence-electron chi connectivity index (χ1n) is 11.2. The zero-order chi connectivity index (χ0) is 23.6. The quantitative estimate of drug-likeness (QED) is 0.577. The Balaban J connectivity index is 1.49. The van der Waals surface area contributed by atoms with Crippen LogP contribution in [0.2, 0.25) is 0 Å². The Hall–Kier alpha value is -2.27. The first-order valence-corrected chi connectivity index (χ1v) is 13.5. The molecule has 33 heavy (non-hydrogen) atoms. The van der Waals surface area contributed by atoms with E-state index in [9.17, 15) is 18.0 Å². The SMILES string of the molecule is CN(CC1CCCO1)S(=O)(=O)c1ccc(C(=O)Nc2sc3c(c2C(N)=O)CCCCC3)cc1. The molecule has 3 N–H and O–H groups in total. The Morgan fingerprint density at radius 1 is 1.15 bits per heavy atom. The summed E-state index contributed by atoms with van der Waals surface area (Å²) in [5, 5.41) is 3.28. The lowest BCUT2D eigenvalue weighted by atomic mass is 10.1. The monoisotopic (exact) mass is 491 g/mol. The van der Waals surface area contributed by atoms with Crippen LogP contribution in [-0.4, -0.2) is 50.8 Å². The van der Waals surface area contributed by atoms with Crippen LogP contribution in [0.1, 0.15) is 63.3 Å². The third-order valence-corrected chi connectivity index (χ3v) is 9.25. The number of carbonyl (C=O) groups is 2. The summed E-state index contributed by atoms with van der Waals surface area (Å²) in [6.45, 7) is 0.955. The molecule has 1 unspecified atom stereocenters. The van der Waals surface area contributed by atoms with Gasteiger partial charge in [-0.25, -0.2) is 8.42 Å². The maximum Gasteiger partial charge on any atom is 0.256 e. The van der Waals surface area contributed by atoms with Crippen molar-refractivity contribution in [3.63, 3.8) is 0 Å². The van der Waals surface area contributed by atoms with Gasteiger partial charge in [-0.1, -0.05) is 6.42 Å². The second kappa shape index (κ2) is 9.92. The number of benzene rings is 1. The summed E-state index contributed by atoms with van der Waals surface area (Å²) in [7, 11) is -2.16. The molecule has 10 heteroatoms. The first-order chi connectivity index (χ1) is 15.8. The molecule has 1 atom stereocenters. The number of nitrogens with two attached hydrogens (primary N) is 1. The zero-order valence-electron chi connectivity index (χ0n) is 18.6. The molecule has 2 aromatic rings. The highest BCUT2D eigenvalue weighted by molar-refractivity contribution is 7.89. The fourth-order valence-corrected chi connectivity index (χ4v) is 6.89. The van der Waals surface area contributed by atoms with Crippen LogP contribution >= 0.6 is 11.3 Å². The molecule has 0 radical (unpaired) electrons. The fourth-order valence-electron chi connectivity index (χ4n) is 4.40. The lowest BCUT2D eigenvalue weighted by Crippen LogP contribution is -2.34. The number of rotatable bonds is 7. The number of nitrogens with one attached hydrogen (secondary N) is 1. The van der Waals surface area contributed by atoms with Crippen molar-refractivity contribution in [2.45, 2.75) is 55.9 Å². The fraction of sp³-hybridized carbons (Fsp3) is 0.478. The number of sulfonamides is 1. The molecule has 1 aromatic carbocycles. The molecule has 1 aliphatic carbocycles. The smallest absolute Gasteiger partial charge is 0.256 e. The summed E-state index contributed by atoms with van der Waals surface area (Å²) in [5.41, 5.74) is 7.30. The predicted octanol–water partition coefficient (Wildman–Crippen LogP) is 3.17. The summed E-state index contributed by atoms with van der Waals surface area (Å²) in [5.74, 6) is -0.953. The number of aryl methyl sites for hydroxylation is 1. The summed E-state index contributed by atoms with van der Waals surface area (Å²) in [6.07, 6.45) is 6.51. The van der Waals surface area contributed by atoms with Gasteiger partial charge in [0.25, 0.3) is 11.8 Å². The van der Waals surface area contributed by atoms with Crippen LogP contribution in [0.3, 0.4) is 0 Å². The van der Waals surface area contributed by atoms with Crippen molar-refractivity contribution in [2.24, 2.45) is 5.73 Å². The van der Waals surface area contributed by atoms with Crippen LogP contribution in [0.15, 0.2) is 29.2 Å². The summed E-state index contributed by atoms with van der Waals surface area (Å²) < 4.78 is 32.6.